The Labute approximate surface area is 183 Å². The van der Waals surface area contributed by atoms with Crippen LogP contribution < -0.4 is 0 Å². The van der Waals surface area contributed by atoms with Crippen LogP contribution in [0.15, 0.2) is 59.5 Å². The van der Waals surface area contributed by atoms with Gasteiger partial charge in [-0.3, -0.25) is 0 Å². The Hall–Kier alpha value is -1.65. The lowest BCUT2D eigenvalue weighted by Gasteiger charge is -2.29. The number of nitrogens with zero attached hydrogens (tertiary/aromatic N) is 1. The Bertz CT molecular complexity index is 858. The summed E-state index contributed by atoms with van der Waals surface area (Å²) in [5, 5.41) is 0. The third-order valence-electron chi connectivity index (χ3n) is 6.26. The fourth-order valence-electron chi connectivity index (χ4n) is 4.58. The van der Waals surface area contributed by atoms with Gasteiger partial charge in [0.05, 0.1) is 4.90 Å². The molecule has 0 saturated heterocycles. The van der Waals surface area contributed by atoms with Crippen molar-refractivity contribution in [3.05, 3.63) is 65.7 Å². The summed E-state index contributed by atoms with van der Waals surface area (Å²) in [6.45, 7) is 2.88. The van der Waals surface area contributed by atoms with Crippen LogP contribution in [-0.4, -0.2) is 25.3 Å². The topological polar surface area (TPSA) is 37.4 Å². The summed E-state index contributed by atoms with van der Waals surface area (Å²) in [6, 6.07) is 17.9. The summed E-state index contributed by atoms with van der Waals surface area (Å²) in [5.74, 6) is 0. The average molecular weight is 428 g/mol. The lowest BCUT2D eigenvalue weighted by molar-refractivity contribution is 0.314. The van der Waals surface area contributed by atoms with E-state index in [9.17, 15) is 8.42 Å². The molecule has 0 radical (unpaired) electrons. The highest BCUT2D eigenvalue weighted by Crippen LogP contribution is 2.31. The molecule has 30 heavy (non-hydrogen) atoms. The van der Waals surface area contributed by atoms with Crippen LogP contribution >= 0.6 is 0 Å². The molecule has 3 rings (SSSR count). The van der Waals surface area contributed by atoms with E-state index in [1.807, 2.05) is 40.7 Å². The Morgan fingerprint density at radius 2 is 1.47 bits per heavy atom. The fourth-order valence-corrected chi connectivity index (χ4v) is 6.53. The lowest BCUT2D eigenvalue weighted by Crippen LogP contribution is -2.39. The number of rotatable bonds is 12. The second-order valence-electron chi connectivity index (χ2n) is 8.59. The highest BCUT2D eigenvalue weighted by Gasteiger charge is 2.33. The molecule has 0 bridgehead atoms. The second-order valence-corrected chi connectivity index (χ2v) is 10.5. The molecule has 1 fully saturated rings. The third kappa shape index (κ3) is 6.18. The van der Waals surface area contributed by atoms with Crippen molar-refractivity contribution in [3.8, 4) is 0 Å². The SMILES string of the molecule is CCCCCCCCN(C1CCCC1)S(=O)(=O)c1ccccc1Cc1ccccc1. The van der Waals surface area contributed by atoms with Crippen LogP contribution in [0.5, 0.6) is 0 Å². The maximum absolute atomic E-state index is 13.8. The molecule has 0 aromatic heterocycles. The molecular formula is C26H37NO2S. The van der Waals surface area contributed by atoms with Gasteiger partial charge in [-0.2, -0.15) is 4.31 Å². The van der Waals surface area contributed by atoms with Crippen LogP contribution in [0.4, 0.5) is 0 Å². The van der Waals surface area contributed by atoms with Crippen LogP contribution in [0.2, 0.25) is 0 Å². The van der Waals surface area contributed by atoms with E-state index in [-0.39, 0.29) is 6.04 Å². The number of hydrogen-bond donors (Lipinski definition) is 0. The monoisotopic (exact) mass is 427 g/mol. The van der Waals surface area contributed by atoms with Crippen LogP contribution in [-0.2, 0) is 16.4 Å². The maximum Gasteiger partial charge on any atom is 0.243 e. The van der Waals surface area contributed by atoms with Gasteiger partial charge in [-0.05, 0) is 42.9 Å². The van der Waals surface area contributed by atoms with Crippen molar-refractivity contribution < 1.29 is 8.42 Å². The van der Waals surface area contributed by atoms with Gasteiger partial charge in [-0.1, -0.05) is 100 Å². The van der Waals surface area contributed by atoms with Gasteiger partial charge in [-0.25, -0.2) is 8.42 Å². The Morgan fingerprint density at radius 3 is 2.20 bits per heavy atom. The molecule has 0 N–H and O–H groups in total. The van der Waals surface area contributed by atoms with Crippen LogP contribution in [0, 0.1) is 0 Å². The molecule has 0 amide bonds. The van der Waals surface area contributed by atoms with Crippen molar-refractivity contribution in [1.82, 2.24) is 4.31 Å². The molecule has 0 unspecified atom stereocenters. The van der Waals surface area contributed by atoms with Gasteiger partial charge >= 0.3 is 0 Å². The van der Waals surface area contributed by atoms with Gasteiger partial charge in [0.1, 0.15) is 0 Å². The van der Waals surface area contributed by atoms with Crippen molar-refractivity contribution in [1.29, 1.82) is 0 Å². The first-order chi connectivity index (χ1) is 14.6. The molecule has 0 atom stereocenters. The predicted molar refractivity (Wildman–Crippen MR) is 125 cm³/mol. The van der Waals surface area contributed by atoms with Crippen molar-refractivity contribution in [2.45, 2.75) is 88.5 Å². The average Bonchev–Trinajstić information content (AvgIpc) is 3.28. The fraction of sp³-hybridized carbons (Fsp3) is 0.538. The number of sulfonamides is 1. The van der Waals surface area contributed by atoms with Gasteiger partial charge in [0.2, 0.25) is 10.0 Å². The number of benzene rings is 2. The maximum atomic E-state index is 13.8. The minimum atomic E-state index is -3.50. The van der Waals surface area contributed by atoms with Crippen molar-refractivity contribution in [2.24, 2.45) is 0 Å². The van der Waals surface area contributed by atoms with Gasteiger partial charge in [-0.15, -0.1) is 0 Å². The first kappa shape index (κ1) is 23.0. The molecule has 4 heteroatoms. The molecule has 3 nitrogen and oxygen atoms in total. The first-order valence-electron chi connectivity index (χ1n) is 11.8. The molecule has 0 aliphatic heterocycles. The van der Waals surface area contributed by atoms with E-state index in [0.29, 0.717) is 17.9 Å². The normalized spacial score (nSPS) is 15.1. The third-order valence-corrected chi connectivity index (χ3v) is 8.31. The molecule has 2 aromatic carbocycles. The predicted octanol–water partition coefficient (Wildman–Crippen LogP) is 6.57. The van der Waals surface area contributed by atoms with Crippen molar-refractivity contribution in [2.75, 3.05) is 6.54 Å². The Balaban J connectivity index is 1.78. The van der Waals surface area contributed by atoms with E-state index in [2.05, 4.69) is 19.1 Å². The van der Waals surface area contributed by atoms with E-state index in [1.54, 1.807) is 6.07 Å². The first-order valence-corrected chi connectivity index (χ1v) is 13.2. The lowest BCUT2D eigenvalue weighted by atomic mass is 10.1. The van der Waals surface area contributed by atoms with Crippen LogP contribution in [0.3, 0.4) is 0 Å². The molecule has 0 heterocycles. The number of unbranched alkanes of at least 4 members (excludes halogenated alkanes) is 5. The van der Waals surface area contributed by atoms with Crippen LogP contribution in [0.25, 0.3) is 0 Å². The zero-order valence-electron chi connectivity index (χ0n) is 18.4. The summed E-state index contributed by atoms with van der Waals surface area (Å²) in [7, 11) is -3.50. The number of hydrogen-bond acceptors (Lipinski definition) is 2. The van der Waals surface area contributed by atoms with E-state index in [1.165, 1.54) is 25.7 Å². The summed E-state index contributed by atoms with van der Waals surface area (Å²) in [5.41, 5.74) is 2.04. The van der Waals surface area contributed by atoms with Gasteiger partial charge in [0.15, 0.2) is 0 Å². The Kier molecular flexibility index (Phi) is 8.95. The molecule has 0 spiro atoms. The Morgan fingerprint density at radius 1 is 0.833 bits per heavy atom. The molecule has 1 saturated carbocycles. The quantitative estimate of drug-likeness (QED) is 0.359. The van der Waals surface area contributed by atoms with Gasteiger partial charge < -0.3 is 0 Å². The van der Waals surface area contributed by atoms with E-state index < -0.39 is 10.0 Å². The molecule has 1 aliphatic rings. The van der Waals surface area contributed by atoms with Gasteiger partial charge in [0, 0.05) is 12.6 Å². The summed E-state index contributed by atoms with van der Waals surface area (Å²) < 4.78 is 29.5. The zero-order chi connectivity index (χ0) is 21.2. The zero-order valence-corrected chi connectivity index (χ0v) is 19.2. The van der Waals surface area contributed by atoms with Crippen molar-refractivity contribution >= 4 is 10.0 Å². The summed E-state index contributed by atoms with van der Waals surface area (Å²) in [6.07, 6.45) is 12.0. The molecule has 1 aliphatic carbocycles. The van der Waals surface area contributed by atoms with E-state index in [4.69, 9.17) is 0 Å². The largest absolute Gasteiger partial charge is 0.243 e. The standard InChI is InChI=1S/C26H37NO2S/c1-2-3-4-5-6-14-21-27(25-18-11-12-19-25)30(28,29)26-20-13-10-17-24(26)22-23-15-8-7-9-16-23/h7-10,13,15-17,20,25H,2-6,11-12,14,18-19,21-22H2,1H3. The van der Waals surface area contributed by atoms with E-state index >= 15 is 0 Å². The smallest absolute Gasteiger partial charge is 0.207 e. The van der Waals surface area contributed by atoms with Crippen molar-refractivity contribution in [3.63, 3.8) is 0 Å². The summed E-state index contributed by atoms with van der Waals surface area (Å²) >= 11 is 0. The highest BCUT2D eigenvalue weighted by atomic mass is 32.2. The molecule has 164 valence electrons. The van der Waals surface area contributed by atoms with Gasteiger partial charge in [0.25, 0.3) is 0 Å². The second kappa shape index (κ2) is 11.7. The highest BCUT2D eigenvalue weighted by molar-refractivity contribution is 7.89. The minimum Gasteiger partial charge on any atom is -0.207 e. The minimum absolute atomic E-state index is 0.162. The van der Waals surface area contributed by atoms with Crippen LogP contribution in [0.1, 0.15) is 82.3 Å². The van der Waals surface area contributed by atoms with E-state index in [0.717, 1.165) is 49.7 Å². The summed E-state index contributed by atoms with van der Waals surface area (Å²) in [4.78, 5) is 0.492. The molecular weight excluding hydrogens is 390 g/mol. The molecule has 2 aromatic rings.